The Morgan fingerprint density at radius 2 is 1.88 bits per heavy atom. The van der Waals surface area contributed by atoms with E-state index in [4.69, 9.17) is 23.2 Å². The molecule has 0 spiro atoms. The summed E-state index contributed by atoms with van der Waals surface area (Å²) in [4.78, 5) is 19.9. The summed E-state index contributed by atoms with van der Waals surface area (Å²) in [5.41, 5.74) is 1.13. The number of piperazine rings is 1. The van der Waals surface area contributed by atoms with E-state index in [1.54, 1.807) is 11.8 Å². The Labute approximate surface area is 168 Å². The van der Waals surface area contributed by atoms with Crippen LogP contribution in [0.3, 0.4) is 0 Å². The van der Waals surface area contributed by atoms with Crippen LogP contribution < -0.4 is 9.88 Å². The second-order valence-electron chi connectivity index (χ2n) is 6.17. The van der Waals surface area contributed by atoms with Crippen LogP contribution in [0.15, 0.2) is 42.6 Å². The van der Waals surface area contributed by atoms with Crippen molar-refractivity contribution in [1.82, 2.24) is 4.90 Å². The molecule has 0 saturated carbocycles. The molecule has 138 valence electrons. The van der Waals surface area contributed by atoms with E-state index in [2.05, 4.69) is 16.0 Å². The van der Waals surface area contributed by atoms with E-state index in [-0.39, 0.29) is 5.91 Å². The van der Waals surface area contributed by atoms with E-state index in [1.165, 1.54) is 0 Å². The predicted molar refractivity (Wildman–Crippen MR) is 109 cm³/mol. The molecule has 1 saturated heterocycles. The van der Waals surface area contributed by atoms with Gasteiger partial charge in [0, 0.05) is 24.0 Å². The fourth-order valence-corrected chi connectivity index (χ4v) is 4.11. The number of H-pyrrole nitrogens is 1. The Bertz CT molecular complexity index is 737. The molecule has 0 aliphatic carbocycles. The molecule has 1 fully saturated rings. The normalized spacial score (nSPS) is 14.5. The molecule has 0 radical (unpaired) electrons. The van der Waals surface area contributed by atoms with Gasteiger partial charge in [-0.1, -0.05) is 35.3 Å². The van der Waals surface area contributed by atoms with Gasteiger partial charge < -0.3 is 4.90 Å². The molecule has 1 aromatic carbocycles. The number of anilines is 1. The summed E-state index contributed by atoms with van der Waals surface area (Å²) in [5, 5.41) is 1.15. The molecule has 2 heterocycles. The van der Waals surface area contributed by atoms with Gasteiger partial charge in [-0.3, -0.25) is 9.69 Å². The van der Waals surface area contributed by atoms with Gasteiger partial charge in [-0.05, 0) is 23.8 Å². The highest BCUT2D eigenvalue weighted by atomic mass is 35.5. The molecule has 2 aromatic rings. The zero-order valence-electron chi connectivity index (χ0n) is 14.5. The maximum atomic E-state index is 12.4. The van der Waals surface area contributed by atoms with Crippen LogP contribution in [0.5, 0.6) is 0 Å². The Morgan fingerprint density at radius 1 is 1.08 bits per heavy atom. The van der Waals surface area contributed by atoms with Crippen molar-refractivity contribution >= 4 is 46.7 Å². The number of rotatable bonds is 6. The first-order valence-electron chi connectivity index (χ1n) is 8.64. The lowest BCUT2D eigenvalue weighted by Gasteiger charge is -2.31. The highest BCUT2D eigenvalue weighted by molar-refractivity contribution is 7.98. The fraction of sp³-hybridized carbons (Fsp3) is 0.368. The van der Waals surface area contributed by atoms with E-state index in [9.17, 15) is 4.79 Å². The molecule has 1 amide bonds. The molecule has 1 aliphatic rings. The van der Waals surface area contributed by atoms with Crippen LogP contribution in [-0.4, -0.2) is 42.7 Å². The summed E-state index contributed by atoms with van der Waals surface area (Å²) in [7, 11) is 0. The monoisotopic (exact) mass is 410 g/mol. The van der Waals surface area contributed by atoms with Crippen molar-refractivity contribution in [2.45, 2.75) is 12.2 Å². The molecule has 1 N–H and O–H groups in total. The molecule has 26 heavy (non-hydrogen) atoms. The Kier molecular flexibility index (Phi) is 7.06. The van der Waals surface area contributed by atoms with Crippen LogP contribution in [0.1, 0.15) is 12.0 Å². The van der Waals surface area contributed by atoms with Gasteiger partial charge in [0.2, 0.25) is 5.91 Å². The minimum atomic E-state index is 0.239. The largest absolute Gasteiger partial charge is 0.335 e. The van der Waals surface area contributed by atoms with Gasteiger partial charge in [0.1, 0.15) is 13.1 Å². The summed E-state index contributed by atoms with van der Waals surface area (Å²) in [6.07, 6.45) is 2.50. The Morgan fingerprint density at radius 3 is 2.58 bits per heavy atom. The van der Waals surface area contributed by atoms with E-state index in [0.29, 0.717) is 16.5 Å². The van der Waals surface area contributed by atoms with Gasteiger partial charge in [-0.25, -0.2) is 4.98 Å². The van der Waals surface area contributed by atoms with Crippen LogP contribution in [0.25, 0.3) is 0 Å². The topological polar surface area (TPSA) is 37.7 Å². The first-order valence-corrected chi connectivity index (χ1v) is 10.6. The van der Waals surface area contributed by atoms with Crippen LogP contribution in [-0.2, 0) is 10.5 Å². The number of benzene rings is 1. The lowest BCUT2D eigenvalue weighted by atomic mass is 10.2. The third kappa shape index (κ3) is 5.29. The highest BCUT2D eigenvalue weighted by Gasteiger charge is 2.25. The minimum absolute atomic E-state index is 0.239. The molecule has 1 aliphatic heterocycles. The van der Waals surface area contributed by atoms with Crippen molar-refractivity contribution in [3.8, 4) is 0 Å². The van der Waals surface area contributed by atoms with E-state index < -0.39 is 0 Å². The number of thioether (sulfide) groups is 1. The van der Waals surface area contributed by atoms with Gasteiger partial charge in [0.15, 0.2) is 0 Å². The number of halogens is 2. The molecule has 1 aromatic heterocycles. The van der Waals surface area contributed by atoms with Crippen molar-refractivity contribution in [2.24, 2.45) is 0 Å². The van der Waals surface area contributed by atoms with E-state index in [0.717, 1.165) is 49.1 Å². The smallest absolute Gasteiger partial charge is 0.274 e. The number of nitrogens with one attached hydrogen (secondary N) is 1. The SMILES string of the molecule is O=C(CCSCc1ccc(Cl)c(Cl)c1)N1CCN(c2cccc[nH+]2)CC1. The van der Waals surface area contributed by atoms with Crippen molar-refractivity contribution in [1.29, 1.82) is 0 Å². The molecular formula is C19H22Cl2N3OS+. The number of aromatic nitrogens is 1. The lowest BCUT2D eigenvalue weighted by Crippen LogP contribution is -2.50. The second-order valence-corrected chi connectivity index (χ2v) is 8.09. The predicted octanol–water partition coefficient (Wildman–Crippen LogP) is 3.78. The van der Waals surface area contributed by atoms with Gasteiger partial charge >= 0.3 is 0 Å². The summed E-state index contributed by atoms with van der Waals surface area (Å²) >= 11 is 13.7. The number of nitrogens with zero attached hydrogens (tertiary/aromatic N) is 2. The van der Waals surface area contributed by atoms with E-state index >= 15 is 0 Å². The van der Waals surface area contributed by atoms with E-state index in [1.807, 2.05) is 41.4 Å². The zero-order valence-corrected chi connectivity index (χ0v) is 16.8. The van der Waals surface area contributed by atoms with Crippen molar-refractivity contribution < 1.29 is 9.78 Å². The fourth-order valence-electron chi connectivity index (χ4n) is 2.91. The quantitative estimate of drug-likeness (QED) is 0.679. The van der Waals surface area contributed by atoms with Gasteiger partial charge in [-0.2, -0.15) is 11.8 Å². The summed E-state index contributed by atoms with van der Waals surface area (Å²) in [5.74, 6) is 2.99. The van der Waals surface area contributed by atoms with Gasteiger partial charge in [-0.15, -0.1) is 0 Å². The minimum Gasteiger partial charge on any atom is -0.335 e. The van der Waals surface area contributed by atoms with Crippen LogP contribution in [0, 0.1) is 0 Å². The van der Waals surface area contributed by atoms with Crippen LogP contribution >= 0.6 is 35.0 Å². The molecule has 7 heteroatoms. The number of amides is 1. The number of carbonyl (C=O) groups excluding carboxylic acids is 1. The maximum Gasteiger partial charge on any atom is 0.274 e. The molecule has 3 rings (SSSR count). The van der Waals surface area contributed by atoms with Crippen LogP contribution in [0.4, 0.5) is 5.82 Å². The Balaban J connectivity index is 1.37. The van der Waals surface area contributed by atoms with Crippen LogP contribution in [0.2, 0.25) is 10.0 Å². The third-order valence-electron chi connectivity index (χ3n) is 4.38. The first kappa shape index (κ1) is 19.3. The number of hydrogen-bond donors (Lipinski definition) is 0. The summed E-state index contributed by atoms with van der Waals surface area (Å²) < 4.78 is 0. The highest BCUT2D eigenvalue weighted by Crippen LogP contribution is 2.25. The van der Waals surface area contributed by atoms with Gasteiger partial charge in [0.05, 0.1) is 29.3 Å². The molecule has 0 atom stereocenters. The van der Waals surface area contributed by atoms with Crippen molar-refractivity contribution in [2.75, 3.05) is 36.8 Å². The van der Waals surface area contributed by atoms with Gasteiger partial charge in [0.25, 0.3) is 5.82 Å². The molecule has 0 unspecified atom stereocenters. The molecule has 4 nitrogen and oxygen atoms in total. The number of pyridine rings is 1. The summed E-state index contributed by atoms with van der Waals surface area (Å²) in [6.45, 7) is 3.28. The number of carbonyl (C=O) groups is 1. The number of aromatic amines is 1. The molecular weight excluding hydrogens is 389 g/mol. The molecule has 0 bridgehead atoms. The van der Waals surface area contributed by atoms with Crippen molar-refractivity contribution in [3.63, 3.8) is 0 Å². The number of hydrogen-bond acceptors (Lipinski definition) is 3. The zero-order chi connectivity index (χ0) is 18.4. The maximum absolute atomic E-state index is 12.4. The van der Waals surface area contributed by atoms with Crippen molar-refractivity contribution in [3.05, 3.63) is 58.2 Å². The lowest BCUT2D eigenvalue weighted by molar-refractivity contribution is -0.364. The first-order chi connectivity index (χ1) is 12.6. The summed E-state index contributed by atoms with van der Waals surface area (Å²) in [6, 6.07) is 11.7. The average molecular weight is 411 g/mol. The Hall–Kier alpha value is -1.43. The standard InChI is InChI=1S/C19H21Cl2N3OS/c20-16-5-4-15(13-17(16)21)14-26-12-6-19(25)24-10-8-23(9-11-24)18-3-1-2-7-22-18/h1-5,7,13H,6,8-12,14H2/p+1. The third-order valence-corrected chi connectivity index (χ3v) is 6.15. The second kappa shape index (κ2) is 9.49. The average Bonchev–Trinajstić information content (AvgIpc) is 2.68.